The van der Waals surface area contributed by atoms with Crippen molar-refractivity contribution in [2.24, 2.45) is 5.41 Å². The highest BCUT2D eigenvalue weighted by molar-refractivity contribution is 7.87. The van der Waals surface area contributed by atoms with Crippen LogP contribution in [0.15, 0.2) is 0 Å². The zero-order valence-electron chi connectivity index (χ0n) is 13.4. The minimum atomic E-state index is -3.70. The van der Waals surface area contributed by atoms with E-state index in [1.807, 2.05) is 13.8 Å². The maximum Gasteiger partial charge on any atom is 0.310 e. The summed E-state index contributed by atoms with van der Waals surface area (Å²) in [7, 11) is -3.70. The second-order valence-corrected chi connectivity index (χ2v) is 7.73. The molecule has 0 bridgehead atoms. The number of aliphatic carboxylic acids is 1. The number of hydrogen-bond donors (Lipinski definition) is 2. The summed E-state index contributed by atoms with van der Waals surface area (Å²) in [5.41, 5.74) is -2.32. The number of rotatable bonds is 9. The Balaban J connectivity index is 5.30. The molecule has 0 heterocycles. The lowest BCUT2D eigenvalue weighted by Gasteiger charge is -2.39. The summed E-state index contributed by atoms with van der Waals surface area (Å²) in [6, 6.07) is 0. The Labute approximate surface area is 122 Å². The van der Waals surface area contributed by atoms with Gasteiger partial charge in [-0.05, 0) is 40.5 Å². The summed E-state index contributed by atoms with van der Waals surface area (Å²) in [4.78, 5) is 11.3. The van der Waals surface area contributed by atoms with E-state index in [-0.39, 0.29) is 0 Å². The molecule has 20 heavy (non-hydrogen) atoms. The molecule has 0 unspecified atom stereocenters. The lowest BCUT2D eigenvalue weighted by Crippen LogP contribution is -2.59. The van der Waals surface area contributed by atoms with Crippen LogP contribution in [-0.4, -0.2) is 42.4 Å². The molecule has 6 nitrogen and oxygen atoms in total. The quantitative estimate of drug-likeness (QED) is 0.680. The zero-order valence-corrected chi connectivity index (χ0v) is 14.2. The molecule has 0 aromatic rings. The summed E-state index contributed by atoms with van der Waals surface area (Å²) in [5, 5.41) is 9.27. The summed E-state index contributed by atoms with van der Waals surface area (Å²) >= 11 is 0. The summed E-state index contributed by atoms with van der Waals surface area (Å²) < 4.78 is 28.7. The van der Waals surface area contributed by atoms with Gasteiger partial charge in [0.25, 0.3) is 10.2 Å². The molecule has 0 aromatic carbocycles. The average Bonchev–Trinajstić information content (AvgIpc) is 2.26. The number of carboxylic acid groups (broad SMARTS) is 1. The van der Waals surface area contributed by atoms with E-state index < -0.39 is 27.1 Å². The van der Waals surface area contributed by atoms with Gasteiger partial charge in [0.05, 0.1) is 5.41 Å². The normalized spacial score (nSPS) is 13.8. The first-order valence-electron chi connectivity index (χ1n) is 6.94. The summed E-state index contributed by atoms with van der Waals surface area (Å²) in [6.07, 6.45) is 1.42. The lowest BCUT2D eigenvalue weighted by atomic mass is 9.75. The summed E-state index contributed by atoms with van der Waals surface area (Å²) in [5.74, 6) is -1.04. The van der Waals surface area contributed by atoms with Gasteiger partial charge in [0.15, 0.2) is 0 Å². The topological polar surface area (TPSA) is 86.7 Å². The van der Waals surface area contributed by atoms with Crippen molar-refractivity contribution in [1.82, 2.24) is 9.03 Å². The molecule has 0 saturated carbocycles. The molecule has 0 aliphatic rings. The molecule has 0 spiro atoms. The van der Waals surface area contributed by atoms with Crippen LogP contribution >= 0.6 is 0 Å². The SMILES string of the molecule is CCCN(CCC)S(=O)(=O)NC(C)(C)C(C)(C)C(=O)O. The number of nitrogens with zero attached hydrogens (tertiary/aromatic N) is 1. The summed E-state index contributed by atoms with van der Waals surface area (Å²) in [6.45, 7) is 10.9. The van der Waals surface area contributed by atoms with E-state index in [0.717, 1.165) is 0 Å². The van der Waals surface area contributed by atoms with Gasteiger partial charge < -0.3 is 5.11 Å². The number of carboxylic acids is 1. The maximum absolute atomic E-state index is 12.4. The first-order chi connectivity index (χ1) is 8.92. The third-order valence-electron chi connectivity index (χ3n) is 3.77. The van der Waals surface area contributed by atoms with Gasteiger partial charge in [0.1, 0.15) is 0 Å². The first-order valence-corrected chi connectivity index (χ1v) is 8.38. The molecule has 0 fully saturated rings. The molecule has 0 radical (unpaired) electrons. The fourth-order valence-corrected chi connectivity index (χ4v) is 3.51. The fourth-order valence-electron chi connectivity index (χ4n) is 1.63. The van der Waals surface area contributed by atoms with E-state index >= 15 is 0 Å². The molecule has 0 aromatic heterocycles. The largest absolute Gasteiger partial charge is 0.481 e. The van der Waals surface area contributed by atoms with Crippen LogP contribution in [0.4, 0.5) is 0 Å². The minimum Gasteiger partial charge on any atom is -0.481 e. The van der Waals surface area contributed by atoms with Gasteiger partial charge in [-0.3, -0.25) is 4.79 Å². The highest BCUT2D eigenvalue weighted by atomic mass is 32.2. The van der Waals surface area contributed by atoms with Crippen LogP contribution in [0.1, 0.15) is 54.4 Å². The lowest BCUT2D eigenvalue weighted by molar-refractivity contribution is -0.150. The van der Waals surface area contributed by atoms with Crippen LogP contribution in [0.3, 0.4) is 0 Å². The highest BCUT2D eigenvalue weighted by Gasteiger charge is 2.46. The van der Waals surface area contributed by atoms with Crippen LogP contribution in [0.5, 0.6) is 0 Å². The molecule has 7 heteroatoms. The molecule has 120 valence electrons. The number of hydrogen-bond acceptors (Lipinski definition) is 3. The molecule has 0 amide bonds. The fraction of sp³-hybridized carbons (Fsp3) is 0.923. The van der Waals surface area contributed by atoms with E-state index in [9.17, 15) is 18.3 Å². The molecule has 0 atom stereocenters. The standard InChI is InChI=1S/C13H28N2O4S/c1-7-9-15(10-8-2)20(18,19)14-13(5,6)12(3,4)11(16)17/h14H,7-10H2,1-6H3,(H,16,17). The van der Waals surface area contributed by atoms with Crippen molar-refractivity contribution in [1.29, 1.82) is 0 Å². The molecule has 0 rings (SSSR count). The Morgan fingerprint density at radius 1 is 1.10 bits per heavy atom. The van der Waals surface area contributed by atoms with Gasteiger partial charge in [-0.1, -0.05) is 13.8 Å². The van der Waals surface area contributed by atoms with Crippen molar-refractivity contribution < 1.29 is 18.3 Å². The van der Waals surface area contributed by atoms with Crippen LogP contribution in [0.2, 0.25) is 0 Å². The van der Waals surface area contributed by atoms with E-state index in [0.29, 0.717) is 25.9 Å². The van der Waals surface area contributed by atoms with Crippen LogP contribution in [0.25, 0.3) is 0 Å². The van der Waals surface area contributed by atoms with Gasteiger partial charge in [-0.2, -0.15) is 17.4 Å². The second-order valence-electron chi connectivity index (χ2n) is 6.06. The first kappa shape index (κ1) is 19.3. The number of nitrogens with one attached hydrogen (secondary N) is 1. The molecule has 0 aliphatic heterocycles. The van der Waals surface area contributed by atoms with E-state index in [4.69, 9.17) is 0 Å². The third-order valence-corrected chi connectivity index (χ3v) is 5.58. The van der Waals surface area contributed by atoms with Crippen LogP contribution < -0.4 is 4.72 Å². The van der Waals surface area contributed by atoms with E-state index in [2.05, 4.69) is 4.72 Å². The number of carbonyl (C=O) groups is 1. The predicted octanol–water partition coefficient (Wildman–Crippen LogP) is 1.83. The Morgan fingerprint density at radius 3 is 1.80 bits per heavy atom. The molecule has 0 aliphatic carbocycles. The molecule has 2 N–H and O–H groups in total. The molecular formula is C13H28N2O4S. The molecular weight excluding hydrogens is 280 g/mol. The van der Waals surface area contributed by atoms with Crippen LogP contribution in [0, 0.1) is 5.41 Å². The van der Waals surface area contributed by atoms with Gasteiger partial charge in [0, 0.05) is 18.6 Å². The minimum absolute atomic E-state index is 0.423. The molecule has 0 saturated heterocycles. The smallest absolute Gasteiger partial charge is 0.310 e. The van der Waals surface area contributed by atoms with Crippen molar-refractivity contribution in [2.75, 3.05) is 13.1 Å². The van der Waals surface area contributed by atoms with Crippen molar-refractivity contribution in [3.63, 3.8) is 0 Å². The van der Waals surface area contributed by atoms with Crippen molar-refractivity contribution in [3.8, 4) is 0 Å². The van der Waals surface area contributed by atoms with Crippen LogP contribution in [-0.2, 0) is 15.0 Å². The Bertz CT molecular complexity index is 424. The van der Waals surface area contributed by atoms with Gasteiger partial charge in [0.2, 0.25) is 0 Å². The van der Waals surface area contributed by atoms with Crippen molar-refractivity contribution in [3.05, 3.63) is 0 Å². The second kappa shape index (κ2) is 6.87. The van der Waals surface area contributed by atoms with Crippen molar-refractivity contribution in [2.45, 2.75) is 59.9 Å². The Hall–Kier alpha value is -0.660. The van der Waals surface area contributed by atoms with Gasteiger partial charge >= 0.3 is 5.97 Å². The Morgan fingerprint density at radius 2 is 1.50 bits per heavy atom. The Kier molecular flexibility index (Phi) is 6.64. The van der Waals surface area contributed by atoms with E-state index in [1.54, 1.807) is 13.8 Å². The zero-order chi connectivity index (χ0) is 16.2. The van der Waals surface area contributed by atoms with E-state index in [1.165, 1.54) is 18.2 Å². The van der Waals surface area contributed by atoms with Crippen molar-refractivity contribution >= 4 is 16.2 Å². The predicted molar refractivity (Wildman–Crippen MR) is 79.7 cm³/mol. The third kappa shape index (κ3) is 4.43. The van der Waals surface area contributed by atoms with Gasteiger partial charge in [-0.15, -0.1) is 0 Å². The average molecular weight is 308 g/mol. The highest BCUT2D eigenvalue weighted by Crippen LogP contribution is 2.31. The van der Waals surface area contributed by atoms with Gasteiger partial charge in [-0.25, -0.2) is 0 Å². The maximum atomic E-state index is 12.4. The monoisotopic (exact) mass is 308 g/mol.